The first-order valence-corrected chi connectivity index (χ1v) is 22.6. The SMILES string of the molecule is CO[C@H]1C=CO[C@@]2(C)Oc3c(C)c(O)c4c(O)c(c(N5CCN(Cc6c(C)cc(C)cc6C)CC5)c(O)c4c3C2=O)NC(=O)/C(C)=C\C=C/[C@H](C)[C@H](O)[C@@H](C)[C@@H](O)[C@@H](C)[C@H](OC(C)=O)[C@@H]1C. The molecule has 6 N–H and O–H groups in total. The Morgan fingerprint density at radius 3 is 2.11 bits per heavy atom. The number of rotatable bonds is 5. The van der Waals surface area contributed by atoms with Crippen LogP contribution in [0.5, 0.6) is 23.0 Å². The van der Waals surface area contributed by atoms with Crippen LogP contribution in [0.15, 0.2) is 48.3 Å². The molecule has 66 heavy (non-hydrogen) atoms. The summed E-state index contributed by atoms with van der Waals surface area (Å²) >= 11 is 0. The first-order chi connectivity index (χ1) is 31.0. The zero-order valence-electron chi connectivity index (χ0n) is 40.2. The minimum Gasteiger partial charge on any atom is -0.507 e. The quantitative estimate of drug-likeness (QED) is 0.0866. The summed E-state index contributed by atoms with van der Waals surface area (Å²) in [5.74, 6) is -8.03. The van der Waals surface area contributed by atoms with Crippen molar-refractivity contribution in [2.24, 2.45) is 23.7 Å². The monoisotopic (exact) mass is 913 g/mol. The second-order valence-electron chi connectivity index (χ2n) is 18.7. The number of piperazine rings is 1. The number of hydrogen-bond donors (Lipinski definition) is 6. The van der Waals surface area contributed by atoms with Crippen LogP contribution in [-0.4, -0.2) is 112 Å². The van der Waals surface area contributed by atoms with Gasteiger partial charge in [0.15, 0.2) is 5.75 Å². The van der Waals surface area contributed by atoms with E-state index in [1.165, 1.54) is 68.5 Å². The van der Waals surface area contributed by atoms with Crippen LogP contribution in [0, 0.1) is 51.4 Å². The molecule has 0 aromatic heterocycles. The number of nitrogens with zero attached hydrogens (tertiary/aromatic N) is 2. The lowest BCUT2D eigenvalue weighted by Crippen LogP contribution is -2.46. The number of phenolic OH excluding ortho intramolecular Hbond substituents is 3. The van der Waals surface area contributed by atoms with Gasteiger partial charge in [0.1, 0.15) is 34.7 Å². The third kappa shape index (κ3) is 9.49. The number of aromatic hydroxyl groups is 3. The number of benzene rings is 3. The molecule has 0 spiro atoms. The van der Waals surface area contributed by atoms with Crippen LogP contribution in [0.25, 0.3) is 10.8 Å². The summed E-state index contributed by atoms with van der Waals surface area (Å²) in [6, 6.07) is 4.33. The first-order valence-electron chi connectivity index (χ1n) is 22.6. The highest BCUT2D eigenvalue weighted by Crippen LogP contribution is 2.57. The second-order valence-corrected chi connectivity index (χ2v) is 18.7. The Hall–Kier alpha value is -5.61. The number of ether oxygens (including phenoxy) is 4. The smallest absolute Gasteiger partial charge is 0.312 e. The minimum absolute atomic E-state index is 0.0546. The van der Waals surface area contributed by atoms with E-state index in [1.807, 2.05) is 4.90 Å². The molecule has 15 heteroatoms. The molecule has 3 aromatic rings. The third-order valence-corrected chi connectivity index (χ3v) is 13.9. The summed E-state index contributed by atoms with van der Waals surface area (Å²) in [6.45, 7) is 21.5. The average Bonchev–Trinajstić information content (AvgIpc) is 3.53. The fourth-order valence-corrected chi connectivity index (χ4v) is 9.83. The number of allylic oxidation sites excluding steroid dienone is 2. The maximum Gasteiger partial charge on any atom is 0.312 e. The number of aryl methyl sites for hydroxylation is 3. The Labute approximate surface area is 387 Å². The normalized spacial score (nSPS) is 29.3. The molecule has 7 rings (SSSR count). The topological polar surface area (TPSA) is 208 Å². The third-order valence-electron chi connectivity index (χ3n) is 13.9. The van der Waals surface area contributed by atoms with Crippen LogP contribution < -0.4 is 15.0 Å². The maximum absolute atomic E-state index is 14.7. The van der Waals surface area contributed by atoms with Crippen LogP contribution in [0.4, 0.5) is 11.4 Å². The largest absolute Gasteiger partial charge is 0.507 e. The fraction of sp³-hybridized carbons (Fsp3) is 0.510. The molecule has 4 aliphatic heterocycles. The van der Waals surface area contributed by atoms with Crippen molar-refractivity contribution in [2.45, 2.75) is 113 Å². The molecule has 5 bridgehead atoms. The van der Waals surface area contributed by atoms with Gasteiger partial charge in [-0.3, -0.25) is 19.3 Å². The Morgan fingerprint density at radius 1 is 0.864 bits per heavy atom. The molecule has 1 amide bonds. The Kier molecular flexibility index (Phi) is 14.9. The number of carbonyl (C=O) groups is 3. The van der Waals surface area contributed by atoms with Crippen LogP contribution >= 0.6 is 0 Å². The highest BCUT2D eigenvalue weighted by atomic mass is 16.7. The van der Waals surface area contributed by atoms with Gasteiger partial charge in [0.05, 0.1) is 35.5 Å². The van der Waals surface area contributed by atoms with Crippen molar-refractivity contribution >= 4 is 39.8 Å². The van der Waals surface area contributed by atoms with Crippen LogP contribution in [-0.2, 0) is 30.3 Å². The highest BCUT2D eigenvalue weighted by Gasteiger charge is 2.50. The number of carbonyl (C=O) groups excluding carboxylic acids is 3. The van der Waals surface area contributed by atoms with Crippen molar-refractivity contribution in [3.05, 3.63) is 81.7 Å². The van der Waals surface area contributed by atoms with Crippen molar-refractivity contribution in [3.63, 3.8) is 0 Å². The van der Waals surface area contributed by atoms with Crippen molar-refractivity contribution in [3.8, 4) is 23.0 Å². The van der Waals surface area contributed by atoms with Crippen molar-refractivity contribution in [1.82, 2.24) is 4.90 Å². The number of Topliss-reactive ketones (excluding diaryl/α,β-unsaturated/α-hetero) is 1. The number of amides is 1. The van der Waals surface area contributed by atoms with Crippen LogP contribution in [0.2, 0.25) is 0 Å². The Morgan fingerprint density at radius 2 is 1.50 bits per heavy atom. The molecule has 1 fully saturated rings. The molecule has 358 valence electrons. The number of hydrogen-bond acceptors (Lipinski definition) is 14. The number of methoxy groups -OCH3 is 1. The molecular weight excluding hydrogens is 847 g/mol. The fourth-order valence-electron chi connectivity index (χ4n) is 9.83. The van der Waals surface area contributed by atoms with Gasteiger partial charge in [-0.15, -0.1) is 0 Å². The second kappa shape index (κ2) is 19.7. The zero-order chi connectivity index (χ0) is 48.7. The van der Waals surface area contributed by atoms with Crippen LogP contribution in [0.3, 0.4) is 0 Å². The van der Waals surface area contributed by atoms with Crippen LogP contribution in [0.1, 0.15) is 86.6 Å². The molecule has 15 nitrogen and oxygen atoms in total. The van der Waals surface area contributed by atoms with E-state index in [0.29, 0.717) is 32.7 Å². The molecule has 4 aliphatic rings. The number of ketones is 1. The summed E-state index contributed by atoms with van der Waals surface area (Å²) in [5, 5.41) is 61.9. The van der Waals surface area contributed by atoms with Gasteiger partial charge >= 0.3 is 11.8 Å². The Bertz CT molecular complexity index is 2450. The predicted molar refractivity (Wildman–Crippen MR) is 252 cm³/mol. The summed E-state index contributed by atoms with van der Waals surface area (Å²) in [5.41, 5.74) is 4.85. The molecule has 0 aliphatic carbocycles. The van der Waals surface area contributed by atoms with Crippen molar-refractivity contribution in [1.29, 1.82) is 0 Å². The van der Waals surface area contributed by atoms with Gasteiger partial charge < -0.3 is 54.7 Å². The average molecular weight is 914 g/mol. The maximum atomic E-state index is 14.7. The van der Waals surface area contributed by atoms with E-state index in [1.54, 1.807) is 46.8 Å². The van der Waals surface area contributed by atoms with Crippen molar-refractivity contribution in [2.75, 3.05) is 43.5 Å². The predicted octanol–water partition coefficient (Wildman–Crippen LogP) is 7.00. The van der Waals surface area contributed by atoms with Gasteiger partial charge in [0.25, 0.3) is 11.7 Å². The number of anilines is 2. The number of fused-ring (bicyclic) bond motifs is 14. The van der Waals surface area contributed by atoms with Crippen molar-refractivity contribution < 1.29 is 58.9 Å². The molecule has 0 saturated carbocycles. The summed E-state index contributed by atoms with van der Waals surface area (Å²) in [4.78, 5) is 45.3. The van der Waals surface area contributed by atoms with Gasteiger partial charge in [0, 0.05) is 93.9 Å². The van der Waals surface area contributed by atoms with Gasteiger partial charge in [0.2, 0.25) is 0 Å². The van der Waals surface area contributed by atoms with E-state index < -0.39 is 88.8 Å². The van der Waals surface area contributed by atoms with E-state index in [9.17, 15) is 39.9 Å². The Balaban J connectivity index is 1.48. The zero-order valence-corrected chi connectivity index (χ0v) is 40.2. The molecule has 4 heterocycles. The van der Waals surface area contributed by atoms with E-state index in [4.69, 9.17) is 18.9 Å². The number of aliphatic hydroxyl groups is 2. The van der Waals surface area contributed by atoms with Gasteiger partial charge in [-0.05, 0) is 57.4 Å². The molecule has 1 saturated heterocycles. The molecule has 3 aromatic carbocycles. The summed E-state index contributed by atoms with van der Waals surface area (Å²) < 4.78 is 23.9. The molecule has 9 atom stereocenters. The van der Waals surface area contributed by atoms with E-state index in [-0.39, 0.29) is 44.6 Å². The number of esters is 1. The molecule has 0 radical (unpaired) electrons. The van der Waals surface area contributed by atoms with Gasteiger partial charge in [-0.1, -0.05) is 63.6 Å². The highest BCUT2D eigenvalue weighted by molar-refractivity contribution is 6.23. The lowest BCUT2D eigenvalue weighted by molar-refractivity contribution is -0.160. The van der Waals surface area contributed by atoms with E-state index >= 15 is 0 Å². The van der Waals surface area contributed by atoms with E-state index in [2.05, 4.69) is 43.1 Å². The van der Waals surface area contributed by atoms with Gasteiger partial charge in [-0.25, -0.2) is 0 Å². The minimum atomic E-state index is -2.04. The lowest BCUT2D eigenvalue weighted by Gasteiger charge is -2.38. The van der Waals surface area contributed by atoms with E-state index in [0.717, 1.165) is 0 Å². The number of phenols is 3. The lowest BCUT2D eigenvalue weighted by atomic mass is 9.78. The van der Waals surface area contributed by atoms with Gasteiger partial charge in [-0.2, -0.15) is 0 Å². The standard InChI is InChI=1S/C51H67N3O12/c1-25-22-28(4)35(29(5)23-25)24-53-17-19-54(20-18-53)41-40-45(59)38-37(46(41)60)39-48(33(9)44(38)58)66-51(11,49(39)61)64-21-16-36(63-12)30(6)47(65-34(10)55)32(8)43(57)31(7)42(56)26(2)14-13-15-27(3)50(62)52-40/h13-16,21-23,26,30-32,36,42-43,47,56-60H,17-20,24H2,1-12H3,(H,52,62)/b14-13-,21-16?,27-15-/t26-,30+,31+,32+,36-,42-,43+,47+,51-/m0/s1. The first kappa shape index (κ1) is 49.8. The molecule has 0 unspecified atom stereocenters. The summed E-state index contributed by atoms with van der Waals surface area (Å²) in [6.07, 6.45) is 3.71. The number of nitrogens with one attached hydrogen (secondary N) is 1. The summed E-state index contributed by atoms with van der Waals surface area (Å²) in [7, 11) is 1.45. The molecular formula is C51H67N3O12. The number of aliphatic hydroxyl groups excluding tert-OH is 2.